The van der Waals surface area contributed by atoms with Gasteiger partial charge in [-0.15, -0.1) is 12.4 Å². The predicted octanol–water partition coefficient (Wildman–Crippen LogP) is -0.793. The molecule has 0 spiro atoms. The van der Waals surface area contributed by atoms with Crippen LogP contribution in [0.4, 0.5) is 0 Å². The maximum atomic E-state index is 10.3. The zero-order valence-corrected chi connectivity index (χ0v) is 5.22. The number of carbonyl (C=O) groups excluding carboxylic acids is 2. The minimum absolute atomic E-state index is 0. The fourth-order valence-electron chi connectivity index (χ4n) is 0.412. The molecule has 4 nitrogen and oxygen atoms in total. The zero-order valence-electron chi connectivity index (χ0n) is 4.40. The van der Waals surface area contributed by atoms with Gasteiger partial charge in [0.25, 0.3) is 11.8 Å². The minimum atomic E-state index is -0.463. The van der Waals surface area contributed by atoms with E-state index < -0.39 is 11.8 Å². The van der Waals surface area contributed by atoms with Gasteiger partial charge in [-0.05, 0) is 0 Å². The van der Waals surface area contributed by atoms with Gasteiger partial charge in [0.1, 0.15) is 0 Å². The van der Waals surface area contributed by atoms with Crippen LogP contribution in [0.3, 0.4) is 0 Å². The van der Waals surface area contributed by atoms with Crippen molar-refractivity contribution in [2.75, 3.05) is 0 Å². The highest BCUT2D eigenvalue weighted by atomic mass is 35.5. The predicted molar refractivity (Wildman–Crippen MR) is 32.4 cm³/mol. The van der Waals surface area contributed by atoms with E-state index in [1.807, 2.05) is 0 Å². The molecule has 0 aromatic rings. The molecular formula is C4H5ClN2O2. The number of rotatable bonds is 0. The third-order valence-corrected chi connectivity index (χ3v) is 0.843. The van der Waals surface area contributed by atoms with Gasteiger partial charge in [0.2, 0.25) is 0 Å². The largest absolute Gasteiger partial charge is 0.268 e. The van der Waals surface area contributed by atoms with Gasteiger partial charge in [-0.2, -0.15) is 0 Å². The van der Waals surface area contributed by atoms with Gasteiger partial charge in [-0.1, -0.05) is 0 Å². The molecule has 1 rings (SSSR count). The molecule has 0 saturated carbocycles. The summed E-state index contributed by atoms with van der Waals surface area (Å²) in [6.07, 6.45) is 2.25. The van der Waals surface area contributed by atoms with E-state index in [0.29, 0.717) is 5.01 Å². The Morgan fingerprint density at radius 3 is 1.67 bits per heavy atom. The second-order valence-electron chi connectivity index (χ2n) is 1.38. The highest BCUT2D eigenvalue weighted by molar-refractivity contribution is 6.12. The summed E-state index contributed by atoms with van der Waals surface area (Å²) in [7, 11) is 0. The average molecular weight is 149 g/mol. The van der Waals surface area contributed by atoms with Gasteiger partial charge in [-0.3, -0.25) is 9.59 Å². The van der Waals surface area contributed by atoms with Crippen molar-refractivity contribution < 1.29 is 9.59 Å². The van der Waals surface area contributed by atoms with Crippen molar-refractivity contribution in [3.63, 3.8) is 0 Å². The number of nitrogens with two attached hydrogens (primary N) is 1. The fourth-order valence-corrected chi connectivity index (χ4v) is 0.412. The summed E-state index contributed by atoms with van der Waals surface area (Å²) in [6.45, 7) is 0. The van der Waals surface area contributed by atoms with Crippen LogP contribution < -0.4 is 5.84 Å². The molecule has 2 N–H and O–H groups in total. The van der Waals surface area contributed by atoms with Crippen LogP contribution in [0.5, 0.6) is 0 Å². The Morgan fingerprint density at radius 2 is 1.56 bits per heavy atom. The molecule has 2 amide bonds. The van der Waals surface area contributed by atoms with Crippen molar-refractivity contribution in [1.82, 2.24) is 5.01 Å². The van der Waals surface area contributed by atoms with E-state index in [-0.39, 0.29) is 12.4 Å². The van der Waals surface area contributed by atoms with Gasteiger partial charge in [-0.25, -0.2) is 10.9 Å². The van der Waals surface area contributed by atoms with Gasteiger partial charge in [0.05, 0.1) is 0 Å². The molecule has 0 aromatic carbocycles. The van der Waals surface area contributed by atoms with E-state index in [2.05, 4.69) is 0 Å². The fraction of sp³-hybridized carbons (Fsp3) is 0. The molecule has 1 heterocycles. The molecule has 0 radical (unpaired) electrons. The van der Waals surface area contributed by atoms with Gasteiger partial charge in [0, 0.05) is 12.2 Å². The lowest BCUT2D eigenvalue weighted by molar-refractivity contribution is -0.137. The number of nitrogens with zero attached hydrogens (tertiary/aromatic N) is 1. The lowest BCUT2D eigenvalue weighted by Crippen LogP contribution is -2.36. The lowest BCUT2D eigenvalue weighted by atomic mass is 10.6. The van der Waals surface area contributed by atoms with Crippen molar-refractivity contribution in [2.45, 2.75) is 0 Å². The van der Waals surface area contributed by atoms with E-state index in [4.69, 9.17) is 5.84 Å². The van der Waals surface area contributed by atoms with Crippen molar-refractivity contribution in [3.05, 3.63) is 12.2 Å². The molecule has 50 valence electrons. The highest BCUT2D eigenvalue weighted by Crippen LogP contribution is 1.94. The second kappa shape index (κ2) is 2.61. The topological polar surface area (TPSA) is 63.4 Å². The summed E-state index contributed by atoms with van der Waals surface area (Å²) >= 11 is 0. The summed E-state index contributed by atoms with van der Waals surface area (Å²) in [4.78, 5) is 20.6. The maximum absolute atomic E-state index is 10.3. The Labute approximate surface area is 57.7 Å². The Bertz CT molecular complexity index is 159. The van der Waals surface area contributed by atoms with Crippen LogP contribution >= 0.6 is 12.4 Å². The standard InChI is InChI=1S/C4H4N2O2.ClH/c5-6-3(7)1-2-4(6)8;/h1-2H,5H2;1H. The number of hydrogen-bond acceptors (Lipinski definition) is 3. The number of amides is 2. The van der Waals surface area contributed by atoms with Crippen molar-refractivity contribution in [3.8, 4) is 0 Å². The monoisotopic (exact) mass is 148 g/mol. The molecule has 0 saturated heterocycles. The third kappa shape index (κ3) is 1.28. The normalized spacial score (nSPS) is 16.3. The number of carbonyl (C=O) groups is 2. The molecule has 1 aliphatic rings. The van der Waals surface area contributed by atoms with Crippen LogP contribution in [0.2, 0.25) is 0 Å². The molecule has 0 fully saturated rings. The van der Waals surface area contributed by atoms with E-state index in [0.717, 1.165) is 12.2 Å². The van der Waals surface area contributed by atoms with Crippen LogP contribution in [-0.2, 0) is 9.59 Å². The Hall–Kier alpha value is -0.870. The third-order valence-electron chi connectivity index (χ3n) is 0.843. The number of hydrogen-bond donors (Lipinski definition) is 1. The molecule has 0 aliphatic carbocycles. The molecule has 5 heteroatoms. The highest BCUT2D eigenvalue weighted by Gasteiger charge is 2.18. The van der Waals surface area contributed by atoms with Crippen molar-refractivity contribution in [1.29, 1.82) is 0 Å². The number of hydrazine groups is 1. The van der Waals surface area contributed by atoms with Crippen molar-refractivity contribution >= 4 is 24.2 Å². The molecule has 1 aliphatic heterocycles. The average Bonchev–Trinajstić information content (AvgIpc) is 1.98. The smallest absolute Gasteiger partial charge is 0.268 e. The van der Waals surface area contributed by atoms with Crippen LogP contribution in [0, 0.1) is 0 Å². The first kappa shape index (κ1) is 8.13. The molecule has 0 bridgehead atoms. The van der Waals surface area contributed by atoms with Gasteiger partial charge < -0.3 is 0 Å². The minimum Gasteiger partial charge on any atom is -0.268 e. The van der Waals surface area contributed by atoms with Crippen LogP contribution in [-0.4, -0.2) is 16.8 Å². The Morgan fingerprint density at radius 1 is 1.22 bits per heavy atom. The van der Waals surface area contributed by atoms with E-state index in [9.17, 15) is 9.59 Å². The van der Waals surface area contributed by atoms with Crippen LogP contribution in [0.25, 0.3) is 0 Å². The van der Waals surface area contributed by atoms with Crippen LogP contribution in [0.15, 0.2) is 12.2 Å². The second-order valence-corrected chi connectivity index (χ2v) is 1.38. The van der Waals surface area contributed by atoms with E-state index >= 15 is 0 Å². The summed E-state index contributed by atoms with van der Waals surface area (Å²) in [5.41, 5.74) is 0. The first-order chi connectivity index (χ1) is 3.72. The Balaban J connectivity index is 0.000000640. The summed E-state index contributed by atoms with van der Waals surface area (Å²) in [5.74, 6) is 3.97. The Kier molecular flexibility index (Phi) is 2.36. The summed E-state index contributed by atoms with van der Waals surface area (Å²) in [5, 5.41) is 0.556. The first-order valence-electron chi connectivity index (χ1n) is 2.02. The lowest BCUT2D eigenvalue weighted by Gasteiger charge is -2.01. The maximum Gasteiger partial charge on any atom is 0.268 e. The SMILES string of the molecule is Cl.NN1C(=O)C=CC1=O. The summed E-state index contributed by atoms with van der Waals surface area (Å²) in [6, 6.07) is 0. The number of halogens is 1. The van der Waals surface area contributed by atoms with Crippen molar-refractivity contribution in [2.24, 2.45) is 5.84 Å². The molecular weight excluding hydrogens is 144 g/mol. The molecule has 9 heavy (non-hydrogen) atoms. The molecule has 0 unspecified atom stereocenters. The quantitative estimate of drug-likeness (QED) is 0.278. The van der Waals surface area contributed by atoms with Crippen LogP contribution in [0.1, 0.15) is 0 Å². The molecule has 0 atom stereocenters. The van der Waals surface area contributed by atoms with Gasteiger partial charge >= 0.3 is 0 Å². The molecule has 0 aromatic heterocycles. The summed E-state index contributed by atoms with van der Waals surface area (Å²) < 4.78 is 0. The van der Waals surface area contributed by atoms with E-state index in [1.165, 1.54) is 0 Å². The zero-order chi connectivity index (χ0) is 6.15. The van der Waals surface area contributed by atoms with Gasteiger partial charge in [0.15, 0.2) is 0 Å². The first-order valence-corrected chi connectivity index (χ1v) is 2.02. The number of imide groups is 1. The van der Waals surface area contributed by atoms with E-state index in [1.54, 1.807) is 0 Å².